The summed E-state index contributed by atoms with van der Waals surface area (Å²) in [6.07, 6.45) is 0. The molecule has 5 nitrogen and oxygen atoms in total. The number of halogens is 1. The molecule has 2 aromatic carbocycles. The predicted octanol–water partition coefficient (Wildman–Crippen LogP) is 2.70. The first kappa shape index (κ1) is 19.4. The van der Waals surface area contributed by atoms with Crippen LogP contribution in [0.15, 0.2) is 47.5 Å². The first-order valence-corrected chi connectivity index (χ1v) is 8.41. The molecule has 0 aliphatic rings. The van der Waals surface area contributed by atoms with Crippen molar-refractivity contribution in [3.05, 3.63) is 70.5 Å². The third kappa shape index (κ3) is 5.31. The minimum absolute atomic E-state index is 0.0171. The van der Waals surface area contributed by atoms with E-state index in [1.165, 1.54) is 6.07 Å². The second-order valence-electron chi connectivity index (χ2n) is 6.26. The Bertz CT molecular complexity index is 785. The van der Waals surface area contributed by atoms with Crippen LogP contribution in [-0.2, 0) is 13.1 Å². The van der Waals surface area contributed by atoms with Crippen LogP contribution in [0, 0.1) is 12.7 Å². The number of aryl methyl sites for hydroxylation is 1. The summed E-state index contributed by atoms with van der Waals surface area (Å²) in [5.41, 5.74) is 3.31. The molecule has 0 spiro atoms. The van der Waals surface area contributed by atoms with Gasteiger partial charge < -0.3 is 15.5 Å². The van der Waals surface area contributed by atoms with Crippen molar-refractivity contribution in [3.8, 4) is 0 Å². The van der Waals surface area contributed by atoms with Gasteiger partial charge in [0.05, 0.1) is 0 Å². The minimum Gasteiger partial charge on any atom is -0.352 e. The number of guanidine groups is 1. The van der Waals surface area contributed by atoms with Gasteiger partial charge in [-0.2, -0.15) is 0 Å². The van der Waals surface area contributed by atoms with Gasteiger partial charge in [0.1, 0.15) is 5.82 Å². The molecule has 0 aromatic heterocycles. The number of benzene rings is 2. The van der Waals surface area contributed by atoms with Crippen molar-refractivity contribution >= 4 is 11.9 Å². The van der Waals surface area contributed by atoms with Crippen molar-refractivity contribution in [2.24, 2.45) is 4.99 Å². The Balaban J connectivity index is 1.88. The zero-order valence-electron chi connectivity index (χ0n) is 15.6. The van der Waals surface area contributed by atoms with Crippen LogP contribution in [-0.4, -0.2) is 37.9 Å². The summed E-state index contributed by atoms with van der Waals surface area (Å²) < 4.78 is 13.3. The van der Waals surface area contributed by atoms with Crippen molar-refractivity contribution in [2.75, 3.05) is 21.1 Å². The number of nitrogens with zero attached hydrogens (tertiary/aromatic N) is 2. The van der Waals surface area contributed by atoms with Gasteiger partial charge in [0, 0.05) is 39.8 Å². The van der Waals surface area contributed by atoms with Crippen LogP contribution >= 0.6 is 0 Å². The summed E-state index contributed by atoms with van der Waals surface area (Å²) in [6.45, 7) is 2.88. The maximum Gasteiger partial charge on any atom is 0.253 e. The van der Waals surface area contributed by atoms with Gasteiger partial charge in [-0.15, -0.1) is 0 Å². The molecule has 0 fully saturated rings. The van der Waals surface area contributed by atoms with Crippen molar-refractivity contribution < 1.29 is 9.18 Å². The van der Waals surface area contributed by atoms with E-state index in [-0.39, 0.29) is 11.7 Å². The second kappa shape index (κ2) is 8.99. The van der Waals surface area contributed by atoms with Crippen LogP contribution in [0.3, 0.4) is 0 Å². The van der Waals surface area contributed by atoms with Gasteiger partial charge in [-0.1, -0.05) is 24.3 Å². The maximum absolute atomic E-state index is 13.3. The lowest BCUT2D eigenvalue weighted by Crippen LogP contribution is -2.36. The lowest BCUT2D eigenvalue weighted by molar-refractivity contribution is 0.0827. The fraction of sp³-hybridized carbons (Fsp3) is 0.300. The van der Waals surface area contributed by atoms with Gasteiger partial charge in [-0.25, -0.2) is 4.39 Å². The molecule has 138 valence electrons. The molecule has 0 saturated heterocycles. The quantitative estimate of drug-likeness (QED) is 0.640. The average Bonchev–Trinajstić information content (AvgIpc) is 2.64. The number of amides is 1. The summed E-state index contributed by atoms with van der Waals surface area (Å²) in [5.74, 6) is 0.435. The van der Waals surface area contributed by atoms with Crippen LogP contribution in [0.1, 0.15) is 27.0 Å². The van der Waals surface area contributed by atoms with Gasteiger partial charge >= 0.3 is 0 Å². The fourth-order valence-electron chi connectivity index (χ4n) is 2.43. The number of hydrogen-bond donors (Lipinski definition) is 2. The van der Waals surface area contributed by atoms with E-state index in [1.807, 2.05) is 30.3 Å². The van der Waals surface area contributed by atoms with E-state index < -0.39 is 0 Å². The van der Waals surface area contributed by atoms with Gasteiger partial charge in [-0.3, -0.25) is 9.79 Å². The summed E-state index contributed by atoms with van der Waals surface area (Å²) in [6, 6.07) is 12.5. The number of aliphatic imine (C=N–C) groups is 1. The largest absolute Gasteiger partial charge is 0.352 e. The van der Waals surface area contributed by atoms with E-state index in [9.17, 15) is 9.18 Å². The molecule has 0 saturated carbocycles. The number of carbonyl (C=O) groups excluding carboxylic acids is 1. The molecule has 0 atom stereocenters. The topological polar surface area (TPSA) is 56.7 Å². The first-order valence-electron chi connectivity index (χ1n) is 8.41. The maximum atomic E-state index is 13.3. The standard InChI is InChI=1S/C20H25FN4O/c1-14-11-16(7-10-18(14)21)13-24-20(22-2)23-12-15-5-8-17(9-6-15)19(26)25(3)4/h5-11H,12-13H2,1-4H3,(H2,22,23,24). The molecule has 2 aromatic rings. The van der Waals surface area contributed by atoms with Crippen molar-refractivity contribution in [1.29, 1.82) is 0 Å². The first-order chi connectivity index (χ1) is 12.4. The normalized spacial score (nSPS) is 11.2. The highest BCUT2D eigenvalue weighted by Crippen LogP contribution is 2.09. The molecular formula is C20H25FN4O. The van der Waals surface area contributed by atoms with Crippen LogP contribution in [0.5, 0.6) is 0 Å². The second-order valence-corrected chi connectivity index (χ2v) is 6.26. The van der Waals surface area contributed by atoms with Gasteiger partial charge in [-0.05, 0) is 41.8 Å². The number of hydrogen-bond acceptors (Lipinski definition) is 2. The summed E-state index contributed by atoms with van der Waals surface area (Å²) >= 11 is 0. The third-order valence-corrected chi connectivity index (χ3v) is 3.97. The Hall–Kier alpha value is -2.89. The molecule has 0 heterocycles. The highest BCUT2D eigenvalue weighted by molar-refractivity contribution is 5.93. The molecular weight excluding hydrogens is 331 g/mol. The van der Waals surface area contributed by atoms with Gasteiger partial charge in [0.15, 0.2) is 5.96 Å². The van der Waals surface area contributed by atoms with E-state index >= 15 is 0 Å². The fourth-order valence-corrected chi connectivity index (χ4v) is 2.43. The monoisotopic (exact) mass is 356 g/mol. The van der Waals surface area contributed by atoms with E-state index in [0.29, 0.717) is 30.2 Å². The summed E-state index contributed by atoms with van der Waals surface area (Å²) in [4.78, 5) is 17.6. The predicted molar refractivity (Wildman–Crippen MR) is 103 cm³/mol. The van der Waals surface area contributed by atoms with E-state index in [1.54, 1.807) is 39.0 Å². The molecule has 1 amide bonds. The molecule has 26 heavy (non-hydrogen) atoms. The average molecular weight is 356 g/mol. The van der Waals surface area contributed by atoms with E-state index in [4.69, 9.17) is 0 Å². The number of rotatable bonds is 5. The van der Waals surface area contributed by atoms with E-state index in [2.05, 4.69) is 15.6 Å². The van der Waals surface area contributed by atoms with Crippen molar-refractivity contribution in [1.82, 2.24) is 15.5 Å². The van der Waals surface area contributed by atoms with Gasteiger partial charge in [0.25, 0.3) is 5.91 Å². The molecule has 6 heteroatoms. The highest BCUT2D eigenvalue weighted by atomic mass is 19.1. The molecule has 2 rings (SSSR count). The zero-order valence-corrected chi connectivity index (χ0v) is 15.6. The molecule has 0 radical (unpaired) electrons. The third-order valence-electron chi connectivity index (χ3n) is 3.97. The minimum atomic E-state index is -0.201. The SMILES string of the molecule is CN=C(NCc1ccc(C(=O)N(C)C)cc1)NCc1ccc(F)c(C)c1. The highest BCUT2D eigenvalue weighted by Gasteiger charge is 2.07. The Labute approximate surface area is 153 Å². The Kier molecular flexibility index (Phi) is 6.72. The lowest BCUT2D eigenvalue weighted by atomic mass is 10.1. The smallest absolute Gasteiger partial charge is 0.253 e. The molecule has 0 aliphatic carbocycles. The van der Waals surface area contributed by atoms with Crippen molar-refractivity contribution in [2.45, 2.75) is 20.0 Å². The van der Waals surface area contributed by atoms with Crippen LogP contribution in [0.2, 0.25) is 0 Å². The summed E-state index contributed by atoms with van der Waals surface area (Å²) in [7, 11) is 5.16. The molecule has 0 unspecified atom stereocenters. The molecule has 2 N–H and O–H groups in total. The Morgan fingerprint density at radius 1 is 1.04 bits per heavy atom. The van der Waals surface area contributed by atoms with E-state index in [0.717, 1.165) is 11.1 Å². The Morgan fingerprint density at radius 2 is 1.62 bits per heavy atom. The number of carbonyl (C=O) groups is 1. The molecule has 0 aliphatic heterocycles. The van der Waals surface area contributed by atoms with Crippen LogP contribution in [0.25, 0.3) is 0 Å². The number of nitrogens with one attached hydrogen (secondary N) is 2. The van der Waals surface area contributed by atoms with Crippen LogP contribution < -0.4 is 10.6 Å². The lowest BCUT2D eigenvalue weighted by Gasteiger charge is -2.13. The summed E-state index contributed by atoms with van der Waals surface area (Å²) in [5, 5.41) is 6.43. The van der Waals surface area contributed by atoms with Crippen molar-refractivity contribution in [3.63, 3.8) is 0 Å². The molecule has 0 bridgehead atoms. The van der Waals surface area contributed by atoms with Crippen LogP contribution in [0.4, 0.5) is 4.39 Å². The zero-order chi connectivity index (χ0) is 19.1. The Morgan fingerprint density at radius 3 is 2.15 bits per heavy atom. The van der Waals surface area contributed by atoms with Gasteiger partial charge in [0.2, 0.25) is 0 Å².